The van der Waals surface area contributed by atoms with E-state index >= 15 is 0 Å². The van der Waals surface area contributed by atoms with Crippen LogP contribution in [0.3, 0.4) is 0 Å². The van der Waals surface area contributed by atoms with Gasteiger partial charge in [-0.2, -0.15) is 0 Å². The number of aliphatic hydroxyl groups excluding tert-OH is 1. The summed E-state index contributed by atoms with van der Waals surface area (Å²) in [6, 6.07) is 0. The van der Waals surface area contributed by atoms with Crippen LogP contribution in [-0.4, -0.2) is 54.3 Å². The lowest BCUT2D eigenvalue weighted by molar-refractivity contribution is 0.0565. The molecule has 1 saturated heterocycles. The number of aliphatic hydroxyl groups is 1. The lowest BCUT2D eigenvalue weighted by atomic mass is 10.2. The molecule has 4 heteroatoms. The molecule has 1 heterocycles. The maximum atomic E-state index is 9.42. The fraction of sp³-hybridized carbons (Fsp3) is 1.00. The first kappa shape index (κ1) is 12.2. The Hall–Kier alpha value is 0.170. The molecule has 1 N–H and O–H groups in total. The summed E-state index contributed by atoms with van der Waals surface area (Å²) in [5, 5.41) is 9.42. The van der Waals surface area contributed by atoms with E-state index in [-0.39, 0.29) is 0 Å². The zero-order valence-electron chi connectivity index (χ0n) is 8.79. The van der Waals surface area contributed by atoms with E-state index < -0.39 is 6.10 Å². The third-order valence-electron chi connectivity index (χ3n) is 2.58. The number of hydrogen-bond donors (Lipinski definition) is 1. The Bertz CT molecular complexity index is 151. The predicted molar refractivity (Wildman–Crippen MR) is 57.8 cm³/mol. The molecular weight excluding hydrogens is 202 g/mol. The van der Waals surface area contributed by atoms with Crippen molar-refractivity contribution in [2.75, 3.05) is 32.1 Å². The SMILES string of the molecule is CCN(CC(O)CCl)CC1CCCO1. The molecule has 0 radical (unpaired) electrons. The molecule has 14 heavy (non-hydrogen) atoms. The van der Waals surface area contributed by atoms with Gasteiger partial charge in [-0.1, -0.05) is 6.92 Å². The van der Waals surface area contributed by atoms with Gasteiger partial charge in [0.1, 0.15) is 0 Å². The highest BCUT2D eigenvalue weighted by molar-refractivity contribution is 6.18. The lowest BCUT2D eigenvalue weighted by Crippen LogP contribution is -2.38. The van der Waals surface area contributed by atoms with E-state index in [1.807, 2.05) is 0 Å². The van der Waals surface area contributed by atoms with Crippen LogP contribution in [0.15, 0.2) is 0 Å². The molecule has 0 saturated carbocycles. The smallest absolute Gasteiger partial charge is 0.0802 e. The molecule has 0 bridgehead atoms. The van der Waals surface area contributed by atoms with Crippen molar-refractivity contribution in [1.29, 1.82) is 0 Å². The summed E-state index contributed by atoms with van der Waals surface area (Å²) < 4.78 is 5.54. The van der Waals surface area contributed by atoms with Crippen molar-refractivity contribution in [3.8, 4) is 0 Å². The van der Waals surface area contributed by atoms with Crippen molar-refractivity contribution in [3.05, 3.63) is 0 Å². The number of halogens is 1. The average Bonchev–Trinajstić information content (AvgIpc) is 2.69. The van der Waals surface area contributed by atoms with E-state index in [1.165, 1.54) is 6.42 Å². The normalized spacial score (nSPS) is 24.4. The van der Waals surface area contributed by atoms with Crippen LogP contribution in [-0.2, 0) is 4.74 Å². The minimum absolute atomic E-state index is 0.308. The van der Waals surface area contributed by atoms with E-state index in [2.05, 4.69) is 11.8 Å². The van der Waals surface area contributed by atoms with Crippen LogP contribution in [0.25, 0.3) is 0 Å². The Kier molecular flexibility index (Phi) is 5.78. The Morgan fingerprint density at radius 3 is 2.93 bits per heavy atom. The van der Waals surface area contributed by atoms with Gasteiger partial charge in [-0.05, 0) is 19.4 Å². The van der Waals surface area contributed by atoms with Crippen LogP contribution in [0.1, 0.15) is 19.8 Å². The largest absolute Gasteiger partial charge is 0.391 e. The van der Waals surface area contributed by atoms with E-state index in [9.17, 15) is 5.11 Å². The maximum Gasteiger partial charge on any atom is 0.0802 e. The van der Waals surface area contributed by atoms with Gasteiger partial charge in [0.2, 0.25) is 0 Å². The second-order valence-electron chi connectivity index (χ2n) is 3.80. The third-order valence-corrected chi connectivity index (χ3v) is 2.94. The highest BCUT2D eigenvalue weighted by atomic mass is 35.5. The predicted octanol–water partition coefficient (Wildman–Crippen LogP) is 1.09. The van der Waals surface area contributed by atoms with Crippen molar-refractivity contribution in [2.45, 2.75) is 32.0 Å². The molecule has 3 nitrogen and oxygen atoms in total. The van der Waals surface area contributed by atoms with Crippen molar-refractivity contribution < 1.29 is 9.84 Å². The molecule has 1 aliphatic heterocycles. The molecule has 0 aromatic rings. The Morgan fingerprint density at radius 1 is 1.64 bits per heavy atom. The molecular formula is C10H20ClNO2. The summed E-state index contributed by atoms with van der Waals surface area (Å²) in [6.07, 6.45) is 2.25. The Morgan fingerprint density at radius 2 is 2.43 bits per heavy atom. The quantitative estimate of drug-likeness (QED) is 0.682. The van der Waals surface area contributed by atoms with Gasteiger partial charge in [0.15, 0.2) is 0 Å². The highest BCUT2D eigenvalue weighted by Crippen LogP contribution is 2.13. The number of hydrogen-bond acceptors (Lipinski definition) is 3. The zero-order valence-corrected chi connectivity index (χ0v) is 9.54. The Labute approximate surface area is 91.0 Å². The second kappa shape index (κ2) is 6.62. The molecule has 1 fully saturated rings. The minimum atomic E-state index is -0.419. The van der Waals surface area contributed by atoms with Gasteiger partial charge in [-0.15, -0.1) is 11.6 Å². The molecule has 0 aliphatic carbocycles. The van der Waals surface area contributed by atoms with Gasteiger partial charge < -0.3 is 9.84 Å². The van der Waals surface area contributed by atoms with Crippen LogP contribution in [0.2, 0.25) is 0 Å². The summed E-state index contributed by atoms with van der Waals surface area (Å²) in [5.74, 6) is 0.308. The number of nitrogens with zero attached hydrogens (tertiary/aromatic N) is 1. The van der Waals surface area contributed by atoms with E-state index in [0.717, 1.165) is 26.1 Å². The molecule has 0 spiro atoms. The third kappa shape index (κ3) is 4.13. The zero-order chi connectivity index (χ0) is 10.4. The van der Waals surface area contributed by atoms with Crippen molar-refractivity contribution >= 4 is 11.6 Å². The van der Waals surface area contributed by atoms with Crippen LogP contribution >= 0.6 is 11.6 Å². The number of ether oxygens (including phenoxy) is 1. The van der Waals surface area contributed by atoms with Gasteiger partial charge >= 0.3 is 0 Å². The van der Waals surface area contributed by atoms with Gasteiger partial charge in [-0.3, -0.25) is 4.90 Å². The summed E-state index contributed by atoms with van der Waals surface area (Å²) in [5.41, 5.74) is 0. The van der Waals surface area contributed by atoms with Crippen LogP contribution in [0, 0.1) is 0 Å². The van der Waals surface area contributed by atoms with Gasteiger partial charge in [-0.25, -0.2) is 0 Å². The maximum absolute atomic E-state index is 9.42. The van der Waals surface area contributed by atoms with Crippen LogP contribution in [0.4, 0.5) is 0 Å². The van der Waals surface area contributed by atoms with Crippen molar-refractivity contribution in [1.82, 2.24) is 4.90 Å². The molecule has 0 aromatic heterocycles. The fourth-order valence-electron chi connectivity index (χ4n) is 1.76. The minimum Gasteiger partial charge on any atom is -0.391 e. The lowest BCUT2D eigenvalue weighted by Gasteiger charge is -2.25. The number of likely N-dealkylation sites (N-methyl/N-ethyl adjacent to an activating group) is 1. The summed E-state index contributed by atoms with van der Waals surface area (Å²) >= 11 is 5.56. The summed E-state index contributed by atoms with van der Waals surface area (Å²) in [6.45, 7) is 5.49. The van der Waals surface area contributed by atoms with Gasteiger partial charge in [0.05, 0.1) is 12.2 Å². The topological polar surface area (TPSA) is 32.7 Å². The molecule has 0 amide bonds. The molecule has 0 aromatic carbocycles. The van der Waals surface area contributed by atoms with Crippen LogP contribution < -0.4 is 0 Å². The van der Waals surface area contributed by atoms with Crippen molar-refractivity contribution in [2.24, 2.45) is 0 Å². The summed E-state index contributed by atoms with van der Waals surface area (Å²) in [4.78, 5) is 2.20. The number of rotatable bonds is 6. The Balaban J connectivity index is 2.22. The molecule has 84 valence electrons. The standard InChI is InChI=1S/C10H20ClNO2/c1-2-12(7-9(13)6-11)8-10-4-3-5-14-10/h9-10,13H,2-8H2,1H3. The molecule has 2 atom stereocenters. The van der Waals surface area contributed by atoms with E-state index in [1.54, 1.807) is 0 Å². The average molecular weight is 222 g/mol. The first-order valence-electron chi connectivity index (χ1n) is 5.34. The van der Waals surface area contributed by atoms with Crippen molar-refractivity contribution in [3.63, 3.8) is 0 Å². The van der Waals surface area contributed by atoms with Gasteiger partial charge in [0, 0.05) is 25.6 Å². The van der Waals surface area contributed by atoms with E-state index in [0.29, 0.717) is 18.5 Å². The fourth-order valence-corrected chi connectivity index (χ4v) is 1.85. The highest BCUT2D eigenvalue weighted by Gasteiger charge is 2.19. The second-order valence-corrected chi connectivity index (χ2v) is 4.10. The molecule has 1 rings (SSSR count). The first-order valence-corrected chi connectivity index (χ1v) is 5.87. The number of alkyl halides is 1. The van der Waals surface area contributed by atoms with E-state index in [4.69, 9.17) is 16.3 Å². The molecule has 2 unspecified atom stereocenters. The van der Waals surface area contributed by atoms with Crippen LogP contribution in [0.5, 0.6) is 0 Å². The summed E-state index contributed by atoms with van der Waals surface area (Å²) in [7, 11) is 0. The molecule has 1 aliphatic rings. The van der Waals surface area contributed by atoms with Gasteiger partial charge in [0.25, 0.3) is 0 Å². The first-order chi connectivity index (χ1) is 6.76. The monoisotopic (exact) mass is 221 g/mol.